The minimum atomic E-state index is -1.19. The number of carboxylic acids is 4. The molecule has 4 rings (SSSR count). The van der Waals surface area contributed by atoms with Gasteiger partial charge >= 0.3 is 49.7 Å². The van der Waals surface area contributed by atoms with Gasteiger partial charge in [-0.2, -0.15) is 0 Å². The van der Waals surface area contributed by atoms with Crippen molar-refractivity contribution in [3.05, 3.63) is 118 Å². The van der Waals surface area contributed by atoms with Crippen molar-refractivity contribution in [2.24, 2.45) is 0 Å². The van der Waals surface area contributed by atoms with Crippen LogP contribution < -0.4 is 58.6 Å². The molecule has 52 heavy (non-hydrogen) atoms. The number of carboxylic acid groups (broad SMARTS) is 4. The second-order valence-corrected chi connectivity index (χ2v) is 11.3. The first-order valence-electron chi connectivity index (χ1n) is 15.7. The first-order chi connectivity index (χ1) is 23.9. The summed E-state index contributed by atoms with van der Waals surface area (Å²) >= 11 is 0. The number of nitrogens with one attached hydrogen (secondary N) is 4. The van der Waals surface area contributed by atoms with Crippen LogP contribution in [0.15, 0.2) is 73.1 Å². The quantitative estimate of drug-likeness (QED) is 0.0538. The number of benzene rings is 2. The molecule has 0 unspecified atom stereocenters. The predicted octanol–water partition coefficient (Wildman–Crippen LogP) is -5.63. The topological polar surface area (TPSA) is 245 Å². The molecule has 0 saturated heterocycles. The van der Waals surface area contributed by atoms with Crippen LogP contribution in [0.5, 0.6) is 0 Å². The van der Waals surface area contributed by atoms with E-state index in [1.807, 2.05) is 60.7 Å². The molecule has 0 bridgehead atoms. The summed E-state index contributed by atoms with van der Waals surface area (Å²) in [6.45, 7) is 0.305. The number of hydrogen-bond acceptors (Lipinski definition) is 8. The van der Waals surface area contributed by atoms with Crippen LogP contribution in [0.1, 0.15) is 57.6 Å². The molecule has 2 aromatic carbocycles. The van der Waals surface area contributed by atoms with Crippen molar-refractivity contribution < 1.29 is 86.9 Å². The van der Waals surface area contributed by atoms with Gasteiger partial charge in [0.1, 0.15) is 0 Å². The Labute approximate surface area is 324 Å². The summed E-state index contributed by atoms with van der Waals surface area (Å²) in [7, 11) is 0. The minimum Gasteiger partial charge on any atom is -0.550 e. The van der Waals surface area contributed by atoms with Crippen LogP contribution >= 0.6 is 0 Å². The van der Waals surface area contributed by atoms with Gasteiger partial charge in [-0.1, -0.05) is 60.7 Å². The van der Waals surface area contributed by atoms with Gasteiger partial charge in [-0.15, -0.1) is 0 Å². The van der Waals surface area contributed by atoms with Crippen molar-refractivity contribution >= 4 is 35.7 Å². The molecule has 4 aromatic rings. The fourth-order valence-electron chi connectivity index (χ4n) is 5.12. The first-order valence-corrected chi connectivity index (χ1v) is 15.7. The van der Waals surface area contributed by atoms with Crippen LogP contribution in [0.4, 0.5) is 0 Å². The molecule has 0 aliphatic heterocycles. The van der Waals surface area contributed by atoms with Crippen molar-refractivity contribution in [1.82, 2.24) is 20.6 Å². The number of carbonyl (C=O) groups is 6. The van der Waals surface area contributed by atoms with Gasteiger partial charge in [0, 0.05) is 35.7 Å². The first kappa shape index (κ1) is 45.0. The summed E-state index contributed by atoms with van der Waals surface area (Å²) in [5.41, 5.74) is 5.13. The molecule has 0 radical (unpaired) electrons. The third-order valence-corrected chi connectivity index (χ3v) is 7.54. The molecule has 6 N–H and O–H groups in total. The number of amides is 2. The summed E-state index contributed by atoms with van der Waals surface area (Å²) in [5, 5.41) is 44.8. The van der Waals surface area contributed by atoms with Gasteiger partial charge in [0.15, 0.2) is 0 Å². The third kappa shape index (κ3) is 16.4. The number of aryl methyl sites for hydroxylation is 2. The number of aromatic nitrogens is 2. The van der Waals surface area contributed by atoms with Crippen LogP contribution in [-0.4, -0.2) is 55.9 Å². The maximum absolute atomic E-state index is 12.0. The van der Waals surface area contributed by atoms with Crippen LogP contribution in [0, 0.1) is 0 Å². The van der Waals surface area contributed by atoms with E-state index in [1.165, 1.54) is 0 Å². The Balaban J connectivity index is 0.000000501. The van der Waals surface area contributed by atoms with E-state index in [0.29, 0.717) is 33.6 Å². The Morgan fingerprint density at radius 3 is 1.21 bits per heavy atom. The molecule has 2 aromatic heterocycles. The molecule has 14 nitrogen and oxygen atoms in total. The molecule has 0 aliphatic rings. The molecular weight excluding hydrogens is 662 g/mol. The number of H-pyrrole nitrogens is 2. The maximum atomic E-state index is 12.0. The van der Waals surface area contributed by atoms with Crippen molar-refractivity contribution in [3.8, 4) is 0 Å². The molecule has 2 amide bonds. The monoisotopic (exact) mass is 700 g/mol. The fraction of sp³-hybridized carbons (Fsp3) is 0.278. The van der Waals surface area contributed by atoms with E-state index in [1.54, 1.807) is 12.4 Å². The standard InChI is InChI=1S/2C18H20N2O5.2Li/c2*21-16(8-12-4-2-1-3-5-12)20-11-15-14(9-18(24)25)13(10-19-15)6-7-17(22)23;;/h2*1-5,10,19H,6-9,11H2,(H,20,21)(H,22,23)(H,24,25);;/q;;2*+1/p-2. The molecule has 264 valence electrons. The molecule has 0 atom stereocenters. The molecule has 0 fully saturated rings. The number of aliphatic carboxylic acids is 4. The van der Waals surface area contributed by atoms with Crippen molar-refractivity contribution in [1.29, 1.82) is 0 Å². The van der Waals surface area contributed by atoms with Gasteiger partial charge in [-0.05, 0) is 59.1 Å². The van der Waals surface area contributed by atoms with E-state index in [0.717, 1.165) is 11.1 Å². The zero-order valence-corrected chi connectivity index (χ0v) is 29.2. The second kappa shape index (κ2) is 23.5. The molecule has 0 saturated carbocycles. The maximum Gasteiger partial charge on any atom is 1.00 e. The molecule has 16 heteroatoms. The summed E-state index contributed by atoms with van der Waals surface area (Å²) in [6, 6.07) is 18.5. The Bertz CT molecular complexity index is 1650. The summed E-state index contributed by atoms with van der Waals surface area (Å²) in [6.07, 6.45) is 3.12. The van der Waals surface area contributed by atoms with Crippen molar-refractivity contribution in [2.75, 3.05) is 0 Å². The number of aromatic amines is 2. The van der Waals surface area contributed by atoms with Gasteiger partial charge in [0.2, 0.25) is 11.8 Å². The van der Waals surface area contributed by atoms with E-state index in [4.69, 9.17) is 10.2 Å². The van der Waals surface area contributed by atoms with Gasteiger partial charge in [0.25, 0.3) is 0 Å². The predicted molar refractivity (Wildman–Crippen MR) is 175 cm³/mol. The summed E-state index contributed by atoms with van der Waals surface area (Å²) in [4.78, 5) is 73.2. The summed E-state index contributed by atoms with van der Waals surface area (Å²) in [5.74, 6) is -4.80. The zero-order valence-electron chi connectivity index (χ0n) is 29.2. The largest absolute Gasteiger partial charge is 1.00 e. The van der Waals surface area contributed by atoms with E-state index in [2.05, 4.69) is 20.6 Å². The average molecular weight is 701 g/mol. The third-order valence-electron chi connectivity index (χ3n) is 7.54. The van der Waals surface area contributed by atoms with E-state index >= 15 is 0 Å². The van der Waals surface area contributed by atoms with Crippen molar-refractivity contribution in [2.45, 2.75) is 64.5 Å². The molecule has 2 heterocycles. The fourth-order valence-corrected chi connectivity index (χ4v) is 5.12. The minimum absolute atomic E-state index is 0. The second-order valence-electron chi connectivity index (χ2n) is 11.3. The van der Waals surface area contributed by atoms with Crippen molar-refractivity contribution in [3.63, 3.8) is 0 Å². The average Bonchev–Trinajstić information content (AvgIpc) is 3.63. The molecule has 0 aliphatic carbocycles. The Morgan fingerprint density at radius 2 is 0.904 bits per heavy atom. The van der Waals surface area contributed by atoms with Crippen LogP contribution in [-0.2, 0) is 80.4 Å². The normalized spacial score (nSPS) is 10.0. The van der Waals surface area contributed by atoms with E-state index in [-0.39, 0.29) is 114 Å². The summed E-state index contributed by atoms with van der Waals surface area (Å²) < 4.78 is 0. The van der Waals surface area contributed by atoms with Crippen LogP contribution in [0.2, 0.25) is 0 Å². The molecular formula is C36H38Li2N4O10. The Kier molecular flexibility index (Phi) is 20.3. The van der Waals surface area contributed by atoms with Gasteiger partial charge < -0.3 is 50.6 Å². The SMILES string of the molecule is O=C([O-])CCc1c[nH]c(CNC(=O)Cc2ccccc2)c1CC(=O)O.O=C([O-])CCc1c[nH]c(CNC(=O)Cc2ccccc2)c1CC(=O)O.[Li+].[Li+]. The Morgan fingerprint density at radius 1 is 0.558 bits per heavy atom. The van der Waals surface area contributed by atoms with Crippen LogP contribution in [0.25, 0.3) is 0 Å². The smallest absolute Gasteiger partial charge is 0.550 e. The number of rotatable bonds is 18. The van der Waals surface area contributed by atoms with E-state index < -0.39 is 23.9 Å². The van der Waals surface area contributed by atoms with Gasteiger partial charge in [-0.25, -0.2) is 0 Å². The number of hydrogen-bond donors (Lipinski definition) is 6. The zero-order chi connectivity index (χ0) is 36.5. The van der Waals surface area contributed by atoms with Gasteiger partial charge in [0.05, 0.1) is 38.8 Å². The molecule has 0 spiro atoms. The van der Waals surface area contributed by atoms with Gasteiger partial charge in [-0.3, -0.25) is 19.2 Å². The van der Waals surface area contributed by atoms with Crippen LogP contribution in [0.3, 0.4) is 0 Å². The Hall–Kier alpha value is -4.99. The van der Waals surface area contributed by atoms with E-state index in [9.17, 15) is 39.0 Å². The number of carbonyl (C=O) groups excluding carboxylic acids is 4.